The Labute approximate surface area is 171 Å². The van der Waals surface area contributed by atoms with E-state index >= 15 is 0 Å². The molecule has 28 heavy (non-hydrogen) atoms. The molecular formula is C26H23NS. The predicted molar refractivity (Wildman–Crippen MR) is 118 cm³/mol. The molecule has 0 aliphatic heterocycles. The zero-order valence-electron chi connectivity index (χ0n) is 16.0. The minimum Gasteiger partial charge on any atom is -0.192 e. The molecule has 2 aliphatic rings. The molecular weight excluding hydrogens is 358 g/mol. The van der Waals surface area contributed by atoms with Gasteiger partial charge in [0, 0.05) is 16.9 Å². The highest BCUT2D eigenvalue weighted by Gasteiger charge is 2.27. The molecule has 0 bridgehead atoms. The average molecular weight is 382 g/mol. The molecule has 3 aromatic rings. The van der Waals surface area contributed by atoms with E-state index in [4.69, 9.17) is 0 Å². The number of nitrogens with zero attached hydrogens (tertiary/aromatic N) is 1. The van der Waals surface area contributed by atoms with Crippen LogP contribution in [0.25, 0.3) is 21.6 Å². The second kappa shape index (κ2) is 7.41. The number of allylic oxidation sites excluding steroid dienone is 2. The van der Waals surface area contributed by atoms with Crippen LogP contribution in [-0.2, 0) is 12.8 Å². The molecule has 2 heteroatoms. The summed E-state index contributed by atoms with van der Waals surface area (Å²) in [5.74, 6) is 0. The Kier molecular flexibility index (Phi) is 4.63. The van der Waals surface area contributed by atoms with E-state index in [1.54, 1.807) is 16.9 Å². The van der Waals surface area contributed by atoms with E-state index in [-0.39, 0.29) is 0 Å². The number of benzene rings is 2. The third kappa shape index (κ3) is 3.01. The van der Waals surface area contributed by atoms with E-state index in [0.717, 1.165) is 24.8 Å². The Morgan fingerprint density at radius 2 is 1.93 bits per heavy atom. The molecule has 0 amide bonds. The summed E-state index contributed by atoms with van der Waals surface area (Å²) in [4.78, 5) is 1.30. The molecule has 0 fully saturated rings. The Hall–Kier alpha value is -2.63. The Morgan fingerprint density at radius 1 is 1.00 bits per heavy atom. The van der Waals surface area contributed by atoms with Crippen LogP contribution in [-0.4, -0.2) is 0 Å². The SMILES string of the molecule is N#Cc1c(CCC2=CCCCC2)cc(-c2cccs2)c2c1Cc1ccccc1-2. The summed E-state index contributed by atoms with van der Waals surface area (Å²) < 4.78 is 0. The summed E-state index contributed by atoms with van der Waals surface area (Å²) in [7, 11) is 0. The molecule has 0 saturated carbocycles. The first-order valence-corrected chi connectivity index (χ1v) is 11.1. The van der Waals surface area contributed by atoms with Crippen molar-refractivity contribution in [1.29, 1.82) is 5.26 Å². The second-order valence-corrected chi connectivity index (χ2v) is 8.79. The zero-order valence-corrected chi connectivity index (χ0v) is 16.8. The van der Waals surface area contributed by atoms with Crippen molar-refractivity contribution in [3.63, 3.8) is 0 Å². The average Bonchev–Trinajstić information content (AvgIpc) is 3.40. The Bertz CT molecular complexity index is 1100. The van der Waals surface area contributed by atoms with Gasteiger partial charge >= 0.3 is 0 Å². The fourth-order valence-corrected chi connectivity index (χ4v) is 5.53. The van der Waals surface area contributed by atoms with Gasteiger partial charge < -0.3 is 0 Å². The number of fused-ring (bicyclic) bond motifs is 3. The van der Waals surface area contributed by atoms with Crippen molar-refractivity contribution in [2.75, 3.05) is 0 Å². The molecule has 0 spiro atoms. The lowest BCUT2D eigenvalue weighted by atomic mass is 9.87. The van der Waals surface area contributed by atoms with Crippen LogP contribution in [0.1, 0.15) is 54.4 Å². The number of nitriles is 1. The van der Waals surface area contributed by atoms with Gasteiger partial charge in [0.05, 0.1) is 11.6 Å². The van der Waals surface area contributed by atoms with Gasteiger partial charge in [-0.05, 0) is 83.9 Å². The molecule has 1 heterocycles. The zero-order chi connectivity index (χ0) is 18.9. The van der Waals surface area contributed by atoms with Crippen LogP contribution in [0.15, 0.2) is 59.5 Å². The molecule has 0 radical (unpaired) electrons. The van der Waals surface area contributed by atoms with Crippen molar-refractivity contribution in [3.8, 4) is 27.6 Å². The third-order valence-corrected chi connectivity index (χ3v) is 7.07. The van der Waals surface area contributed by atoms with Gasteiger partial charge in [-0.25, -0.2) is 0 Å². The molecule has 0 N–H and O–H groups in total. The highest BCUT2D eigenvalue weighted by atomic mass is 32.1. The maximum atomic E-state index is 10.1. The summed E-state index contributed by atoms with van der Waals surface area (Å²) in [6, 6.07) is 17.9. The lowest BCUT2D eigenvalue weighted by Crippen LogP contribution is -2.01. The topological polar surface area (TPSA) is 23.8 Å². The van der Waals surface area contributed by atoms with Gasteiger partial charge in [-0.2, -0.15) is 5.26 Å². The van der Waals surface area contributed by atoms with Crippen LogP contribution >= 0.6 is 11.3 Å². The van der Waals surface area contributed by atoms with Crippen molar-refractivity contribution < 1.29 is 0 Å². The van der Waals surface area contributed by atoms with E-state index in [1.165, 1.54) is 63.9 Å². The molecule has 5 rings (SSSR count). The number of aryl methyl sites for hydroxylation is 1. The number of thiophene rings is 1. The van der Waals surface area contributed by atoms with Crippen LogP contribution in [0, 0.1) is 11.3 Å². The first kappa shape index (κ1) is 17.5. The summed E-state index contributed by atoms with van der Waals surface area (Å²) in [5.41, 5.74) is 10.2. The molecule has 0 saturated heterocycles. The second-order valence-electron chi connectivity index (χ2n) is 7.84. The lowest BCUT2D eigenvalue weighted by Gasteiger charge is -2.17. The maximum absolute atomic E-state index is 10.1. The highest BCUT2D eigenvalue weighted by Crippen LogP contribution is 2.46. The first-order valence-electron chi connectivity index (χ1n) is 10.2. The lowest BCUT2D eigenvalue weighted by molar-refractivity contribution is 0.673. The molecule has 2 aliphatic carbocycles. The molecule has 0 unspecified atom stereocenters. The molecule has 138 valence electrons. The number of hydrogen-bond acceptors (Lipinski definition) is 2. The summed E-state index contributed by atoms with van der Waals surface area (Å²) >= 11 is 1.79. The standard InChI is InChI=1S/C26H23NS/c27-17-24-20(13-12-18-7-2-1-3-8-18)16-23(25-11-6-14-28-25)26-21-10-5-4-9-19(21)15-22(24)26/h4-7,9-11,14,16H,1-3,8,12-13,15H2. The van der Waals surface area contributed by atoms with Crippen LogP contribution in [0.3, 0.4) is 0 Å². The largest absolute Gasteiger partial charge is 0.192 e. The Balaban J connectivity index is 1.63. The van der Waals surface area contributed by atoms with Gasteiger partial charge in [0.25, 0.3) is 0 Å². The normalized spacial score (nSPS) is 14.9. The monoisotopic (exact) mass is 381 g/mol. The molecule has 0 atom stereocenters. The van der Waals surface area contributed by atoms with Gasteiger partial charge in [0.1, 0.15) is 0 Å². The van der Waals surface area contributed by atoms with Crippen molar-refractivity contribution >= 4 is 11.3 Å². The summed E-state index contributed by atoms with van der Waals surface area (Å²) in [6.45, 7) is 0. The fourth-order valence-electron chi connectivity index (χ4n) is 4.78. The maximum Gasteiger partial charge on any atom is 0.0997 e. The van der Waals surface area contributed by atoms with E-state index in [1.807, 2.05) is 0 Å². The predicted octanol–water partition coefficient (Wildman–Crippen LogP) is 7.29. The van der Waals surface area contributed by atoms with Gasteiger partial charge in [-0.1, -0.05) is 42.0 Å². The highest BCUT2D eigenvalue weighted by molar-refractivity contribution is 7.13. The van der Waals surface area contributed by atoms with E-state index in [0.29, 0.717) is 0 Å². The summed E-state index contributed by atoms with van der Waals surface area (Å²) in [5, 5.41) is 12.2. The van der Waals surface area contributed by atoms with Gasteiger partial charge in [-0.3, -0.25) is 0 Å². The number of hydrogen-bond donors (Lipinski definition) is 0. The van der Waals surface area contributed by atoms with Crippen molar-refractivity contribution in [2.24, 2.45) is 0 Å². The smallest absolute Gasteiger partial charge is 0.0997 e. The van der Waals surface area contributed by atoms with Crippen LogP contribution < -0.4 is 0 Å². The minimum atomic E-state index is 0.878. The molecule has 1 nitrogen and oxygen atoms in total. The van der Waals surface area contributed by atoms with Gasteiger partial charge in [0.15, 0.2) is 0 Å². The number of rotatable bonds is 4. The minimum absolute atomic E-state index is 0.878. The Morgan fingerprint density at radius 3 is 2.71 bits per heavy atom. The van der Waals surface area contributed by atoms with Crippen molar-refractivity contribution in [3.05, 3.63) is 81.7 Å². The molecule has 2 aromatic carbocycles. The third-order valence-electron chi connectivity index (χ3n) is 6.17. The van der Waals surface area contributed by atoms with Crippen LogP contribution in [0.5, 0.6) is 0 Å². The van der Waals surface area contributed by atoms with E-state index in [9.17, 15) is 5.26 Å². The summed E-state index contributed by atoms with van der Waals surface area (Å²) in [6.07, 6.45) is 10.5. The van der Waals surface area contributed by atoms with Gasteiger partial charge in [0.2, 0.25) is 0 Å². The van der Waals surface area contributed by atoms with Crippen molar-refractivity contribution in [1.82, 2.24) is 0 Å². The quantitative estimate of drug-likeness (QED) is 0.340. The van der Waals surface area contributed by atoms with Crippen LogP contribution in [0.2, 0.25) is 0 Å². The molecule has 1 aromatic heterocycles. The van der Waals surface area contributed by atoms with E-state index in [2.05, 4.69) is 60.0 Å². The van der Waals surface area contributed by atoms with Gasteiger partial charge in [-0.15, -0.1) is 11.3 Å². The van der Waals surface area contributed by atoms with E-state index < -0.39 is 0 Å². The fraction of sp³-hybridized carbons (Fsp3) is 0.269. The van der Waals surface area contributed by atoms with Crippen molar-refractivity contribution in [2.45, 2.75) is 44.9 Å². The first-order chi connectivity index (χ1) is 13.8. The van der Waals surface area contributed by atoms with Crippen LogP contribution in [0.4, 0.5) is 0 Å².